The Morgan fingerprint density at radius 1 is 1.04 bits per heavy atom. The van der Waals surface area contributed by atoms with Crippen LogP contribution in [0.15, 0.2) is 48.5 Å². The Kier molecular flexibility index (Phi) is 3.91. The molecule has 0 atom stereocenters. The number of piperidine rings is 1. The molecule has 0 aliphatic carbocycles. The third-order valence-corrected chi connectivity index (χ3v) is 6.08. The monoisotopic (exact) mass is 393 g/mol. The van der Waals surface area contributed by atoms with Gasteiger partial charge in [0.05, 0.1) is 11.2 Å². The molecule has 1 spiro atoms. The number of fused-ring (bicyclic) bond motifs is 2. The van der Waals surface area contributed by atoms with E-state index >= 15 is 0 Å². The Bertz CT molecular complexity index is 1050. The van der Waals surface area contributed by atoms with Crippen LogP contribution in [0.2, 0.25) is 5.02 Å². The second kappa shape index (κ2) is 6.34. The zero-order chi connectivity index (χ0) is 19.3. The summed E-state index contributed by atoms with van der Waals surface area (Å²) in [4.78, 5) is 14.6. The Morgan fingerprint density at radius 2 is 1.75 bits per heavy atom. The minimum absolute atomic E-state index is 0.0317. The summed E-state index contributed by atoms with van der Waals surface area (Å²) in [6.07, 6.45) is 1.67. The first-order valence-electron chi connectivity index (χ1n) is 9.42. The lowest BCUT2D eigenvalue weighted by atomic mass is 9.82. The fraction of sp³-hybridized carbons (Fsp3) is 0.286. The van der Waals surface area contributed by atoms with E-state index < -0.39 is 0 Å². The molecule has 3 aromatic rings. The Balaban J connectivity index is 1.43. The van der Waals surface area contributed by atoms with Crippen LogP contribution in [0.25, 0.3) is 5.69 Å². The van der Waals surface area contributed by atoms with Crippen LogP contribution in [0, 0.1) is 6.92 Å². The lowest BCUT2D eigenvalue weighted by Gasteiger charge is -2.40. The number of hydrogen-bond donors (Lipinski definition) is 1. The maximum Gasteiger partial charge on any atom is 0.252 e. The van der Waals surface area contributed by atoms with Crippen molar-refractivity contribution in [2.45, 2.75) is 25.3 Å². The van der Waals surface area contributed by atoms with Gasteiger partial charge in [-0.3, -0.25) is 9.36 Å². The van der Waals surface area contributed by atoms with Gasteiger partial charge in [-0.15, -0.1) is 10.2 Å². The number of amides is 1. The zero-order valence-corrected chi connectivity index (χ0v) is 16.3. The van der Waals surface area contributed by atoms with E-state index in [4.69, 9.17) is 11.6 Å². The van der Waals surface area contributed by atoms with E-state index in [2.05, 4.69) is 31.0 Å². The molecule has 0 radical (unpaired) electrons. The van der Waals surface area contributed by atoms with Gasteiger partial charge in [-0.05, 0) is 55.7 Å². The molecule has 1 saturated heterocycles. The third kappa shape index (κ3) is 2.59. The van der Waals surface area contributed by atoms with E-state index in [0.717, 1.165) is 54.5 Å². The van der Waals surface area contributed by atoms with E-state index in [-0.39, 0.29) is 11.4 Å². The maximum absolute atomic E-state index is 12.4. The van der Waals surface area contributed by atoms with Crippen molar-refractivity contribution in [3.8, 4) is 5.69 Å². The van der Waals surface area contributed by atoms with Gasteiger partial charge < -0.3 is 10.2 Å². The normalized spacial score (nSPS) is 17.6. The highest BCUT2D eigenvalue weighted by molar-refractivity contribution is 6.30. The van der Waals surface area contributed by atoms with Crippen molar-refractivity contribution in [2.24, 2.45) is 0 Å². The molecule has 3 heterocycles. The highest BCUT2D eigenvalue weighted by Gasteiger charge is 2.45. The van der Waals surface area contributed by atoms with Crippen molar-refractivity contribution < 1.29 is 4.79 Å². The molecule has 1 aromatic heterocycles. The number of carbonyl (C=O) groups excluding carboxylic acids is 1. The minimum atomic E-state index is -0.273. The van der Waals surface area contributed by atoms with E-state index in [1.807, 2.05) is 49.4 Å². The molecule has 0 bridgehead atoms. The summed E-state index contributed by atoms with van der Waals surface area (Å²) in [6, 6.07) is 15.6. The fourth-order valence-electron chi connectivity index (χ4n) is 4.38. The van der Waals surface area contributed by atoms with E-state index in [1.165, 1.54) is 0 Å². The fourth-order valence-corrected chi connectivity index (χ4v) is 4.51. The van der Waals surface area contributed by atoms with Crippen molar-refractivity contribution in [3.63, 3.8) is 0 Å². The van der Waals surface area contributed by atoms with Gasteiger partial charge in [0, 0.05) is 23.7 Å². The minimum Gasteiger partial charge on any atom is -0.342 e. The predicted octanol–water partition coefficient (Wildman–Crippen LogP) is 3.47. The number of anilines is 1. The predicted molar refractivity (Wildman–Crippen MR) is 108 cm³/mol. The first kappa shape index (κ1) is 17.3. The van der Waals surface area contributed by atoms with Gasteiger partial charge in [-0.25, -0.2) is 0 Å². The highest BCUT2D eigenvalue weighted by atomic mass is 35.5. The molecule has 7 heteroatoms. The molecule has 1 amide bonds. The van der Waals surface area contributed by atoms with Gasteiger partial charge in [0.15, 0.2) is 0 Å². The van der Waals surface area contributed by atoms with Gasteiger partial charge in [0.25, 0.3) is 5.91 Å². The van der Waals surface area contributed by atoms with Gasteiger partial charge in [-0.2, -0.15) is 0 Å². The van der Waals surface area contributed by atoms with E-state index in [0.29, 0.717) is 5.02 Å². The first-order valence-corrected chi connectivity index (χ1v) is 9.80. The highest BCUT2D eigenvalue weighted by Crippen LogP contribution is 2.40. The van der Waals surface area contributed by atoms with Crippen LogP contribution in [0.1, 0.15) is 34.6 Å². The quantitative estimate of drug-likeness (QED) is 0.724. The number of halogens is 1. The van der Waals surface area contributed by atoms with Crippen LogP contribution in [0.4, 0.5) is 5.95 Å². The summed E-state index contributed by atoms with van der Waals surface area (Å²) >= 11 is 6.04. The van der Waals surface area contributed by atoms with Crippen molar-refractivity contribution in [1.82, 2.24) is 20.1 Å². The summed E-state index contributed by atoms with van der Waals surface area (Å²) in [7, 11) is 0. The summed E-state index contributed by atoms with van der Waals surface area (Å²) in [5, 5.41) is 12.7. The van der Waals surface area contributed by atoms with Crippen LogP contribution >= 0.6 is 11.6 Å². The van der Waals surface area contributed by atoms with Gasteiger partial charge >= 0.3 is 0 Å². The number of hydrogen-bond acceptors (Lipinski definition) is 4. The van der Waals surface area contributed by atoms with E-state index in [9.17, 15) is 4.79 Å². The molecule has 6 nitrogen and oxygen atoms in total. The lowest BCUT2D eigenvalue weighted by molar-refractivity contribution is 0.0917. The van der Waals surface area contributed by atoms with Gasteiger partial charge in [0.2, 0.25) is 5.95 Å². The van der Waals surface area contributed by atoms with Crippen LogP contribution in [0.5, 0.6) is 0 Å². The van der Waals surface area contributed by atoms with Crippen molar-refractivity contribution in [1.29, 1.82) is 0 Å². The summed E-state index contributed by atoms with van der Waals surface area (Å²) < 4.78 is 2.05. The van der Waals surface area contributed by atoms with Crippen molar-refractivity contribution in [2.75, 3.05) is 18.0 Å². The molecule has 28 heavy (non-hydrogen) atoms. The molecule has 0 unspecified atom stereocenters. The lowest BCUT2D eigenvalue weighted by Crippen LogP contribution is -2.49. The van der Waals surface area contributed by atoms with Crippen molar-refractivity contribution in [3.05, 3.63) is 70.5 Å². The second-order valence-corrected chi connectivity index (χ2v) is 7.86. The Morgan fingerprint density at radius 3 is 2.50 bits per heavy atom. The van der Waals surface area contributed by atoms with Crippen LogP contribution in [-0.2, 0) is 5.54 Å². The summed E-state index contributed by atoms with van der Waals surface area (Å²) in [5.41, 5.74) is 2.64. The third-order valence-electron chi connectivity index (χ3n) is 5.83. The summed E-state index contributed by atoms with van der Waals surface area (Å²) in [6.45, 7) is 3.53. The number of aromatic nitrogens is 3. The standard InChI is InChI=1S/C21H20ClN5O/c1-14-24-25-20(27(14)16-8-6-15(22)7-9-16)26-12-10-21(11-13-26)18-5-3-2-4-17(18)19(28)23-21/h2-9H,10-13H2,1H3,(H,23,28). The maximum atomic E-state index is 12.4. The number of aryl methyl sites for hydroxylation is 1. The molecular formula is C21H20ClN5O. The molecule has 5 rings (SSSR count). The van der Waals surface area contributed by atoms with Gasteiger partial charge in [0.1, 0.15) is 5.82 Å². The summed E-state index contributed by atoms with van der Waals surface area (Å²) in [5.74, 6) is 1.69. The largest absolute Gasteiger partial charge is 0.342 e. The first-order chi connectivity index (χ1) is 13.6. The Labute approximate surface area is 168 Å². The average Bonchev–Trinajstić information content (AvgIpc) is 3.22. The van der Waals surface area contributed by atoms with Crippen LogP contribution in [0.3, 0.4) is 0 Å². The SMILES string of the molecule is Cc1nnc(N2CCC3(CC2)NC(=O)c2ccccc23)n1-c1ccc(Cl)cc1. The number of carbonyl (C=O) groups is 1. The van der Waals surface area contributed by atoms with Crippen LogP contribution < -0.4 is 10.2 Å². The smallest absolute Gasteiger partial charge is 0.252 e. The molecule has 142 valence electrons. The molecular weight excluding hydrogens is 374 g/mol. The molecule has 1 fully saturated rings. The number of nitrogens with one attached hydrogen (secondary N) is 1. The number of nitrogens with zero attached hydrogens (tertiary/aromatic N) is 4. The molecule has 2 aliphatic heterocycles. The Hall–Kier alpha value is -2.86. The molecule has 0 saturated carbocycles. The average molecular weight is 394 g/mol. The van der Waals surface area contributed by atoms with Crippen LogP contribution in [-0.4, -0.2) is 33.8 Å². The second-order valence-electron chi connectivity index (χ2n) is 7.43. The molecule has 1 N–H and O–H groups in total. The van der Waals surface area contributed by atoms with E-state index in [1.54, 1.807) is 0 Å². The molecule has 2 aliphatic rings. The number of benzene rings is 2. The molecule has 2 aromatic carbocycles. The van der Waals surface area contributed by atoms with Gasteiger partial charge in [-0.1, -0.05) is 29.8 Å². The topological polar surface area (TPSA) is 63.1 Å². The zero-order valence-electron chi connectivity index (χ0n) is 15.5. The number of rotatable bonds is 2. The van der Waals surface area contributed by atoms with Crippen molar-refractivity contribution >= 4 is 23.5 Å².